The lowest BCUT2D eigenvalue weighted by molar-refractivity contribution is 0.356. The van der Waals surface area contributed by atoms with Crippen LogP contribution in [0.1, 0.15) is 12.5 Å². The summed E-state index contributed by atoms with van der Waals surface area (Å²) in [6.45, 7) is 2.02. The van der Waals surface area contributed by atoms with E-state index in [1.54, 1.807) is 14.2 Å². The van der Waals surface area contributed by atoms with E-state index in [-0.39, 0.29) is 0 Å². The molecule has 0 radical (unpaired) electrons. The zero-order chi connectivity index (χ0) is 13.8. The first-order valence-corrected chi connectivity index (χ1v) is 6.03. The van der Waals surface area contributed by atoms with Crippen molar-refractivity contribution in [2.24, 2.45) is 0 Å². The van der Waals surface area contributed by atoms with Crippen molar-refractivity contribution in [3.05, 3.63) is 30.1 Å². The van der Waals surface area contributed by atoms with Crippen LogP contribution in [0.3, 0.4) is 0 Å². The van der Waals surface area contributed by atoms with E-state index in [1.165, 1.54) is 6.33 Å². The summed E-state index contributed by atoms with van der Waals surface area (Å²) < 4.78 is 10.7. The van der Waals surface area contributed by atoms with Crippen LogP contribution in [0.2, 0.25) is 0 Å². The highest BCUT2D eigenvalue weighted by Gasteiger charge is 2.16. The van der Waals surface area contributed by atoms with Crippen LogP contribution in [0.25, 0.3) is 11.3 Å². The summed E-state index contributed by atoms with van der Waals surface area (Å²) in [4.78, 5) is 8.37. The van der Waals surface area contributed by atoms with Gasteiger partial charge in [0.1, 0.15) is 12.1 Å². The molecule has 100 valence electrons. The van der Waals surface area contributed by atoms with Crippen LogP contribution in [-0.4, -0.2) is 24.2 Å². The first kappa shape index (κ1) is 13.1. The molecule has 0 aliphatic heterocycles. The summed E-state index contributed by atoms with van der Waals surface area (Å²) >= 11 is 0. The molecular weight excluding hydrogens is 242 g/mol. The van der Waals surface area contributed by atoms with Crippen molar-refractivity contribution < 1.29 is 9.47 Å². The Morgan fingerprint density at radius 3 is 2.58 bits per heavy atom. The van der Waals surface area contributed by atoms with Crippen LogP contribution in [0.5, 0.6) is 11.5 Å². The molecule has 19 heavy (non-hydrogen) atoms. The van der Waals surface area contributed by atoms with Gasteiger partial charge < -0.3 is 15.2 Å². The number of hydrogen-bond donors (Lipinski definition) is 1. The van der Waals surface area contributed by atoms with E-state index in [2.05, 4.69) is 9.97 Å². The third-order valence-corrected chi connectivity index (χ3v) is 2.99. The number of ether oxygens (including phenoxy) is 2. The van der Waals surface area contributed by atoms with Gasteiger partial charge in [-0.2, -0.15) is 0 Å². The fraction of sp³-hybridized carbons (Fsp3) is 0.286. The van der Waals surface area contributed by atoms with Crippen molar-refractivity contribution in [1.82, 2.24) is 9.97 Å². The number of aromatic nitrogens is 2. The molecule has 0 saturated heterocycles. The molecule has 0 aliphatic carbocycles. The second kappa shape index (κ2) is 5.56. The van der Waals surface area contributed by atoms with Crippen molar-refractivity contribution in [3.8, 4) is 22.8 Å². The van der Waals surface area contributed by atoms with Crippen LogP contribution in [0.4, 0.5) is 5.82 Å². The Labute approximate surface area is 112 Å². The number of nitrogens with zero attached hydrogens (tertiary/aromatic N) is 2. The molecule has 0 unspecified atom stereocenters. The minimum absolute atomic E-state index is 0.498. The van der Waals surface area contributed by atoms with Gasteiger partial charge in [0, 0.05) is 11.1 Å². The maximum absolute atomic E-state index is 5.91. The van der Waals surface area contributed by atoms with Crippen molar-refractivity contribution >= 4 is 5.82 Å². The van der Waals surface area contributed by atoms with Gasteiger partial charge in [-0.15, -0.1) is 0 Å². The predicted octanol–water partition coefficient (Wildman–Crippen LogP) is 2.31. The number of anilines is 1. The first-order valence-electron chi connectivity index (χ1n) is 6.03. The van der Waals surface area contributed by atoms with Crippen LogP contribution in [0, 0.1) is 0 Å². The number of para-hydroxylation sites is 1. The van der Waals surface area contributed by atoms with Crippen molar-refractivity contribution in [1.29, 1.82) is 0 Å². The fourth-order valence-electron chi connectivity index (χ4n) is 2.08. The molecule has 0 spiro atoms. The lowest BCUT2D eigenvalue weighted by atomic mass is 10.0. The Balaban J connectivity index is 2.68. The van der Waals surface area contributed by atoms with E-state index in [9.17, 15) is 0 Å². The van der Waals surface area contributed by atoms with E-state index in [0.717, 1.165) is 23.2 Å². The second-order valence-electron chi connectivity index (χ2n) is 3.98. The van der Waals surface area contributed by atoms with E-state index in [0.29, 0.717) is 17.3 Å². The molecule has 0 bridgehead atoms. The number of nitrogen functional groups attached to an aromatic ring is 1. The van der Waals surface area contributed by atoms with E-state index in [1.807, 2.05) is 25.1 Å². The second-order valence-corrected chi connectivity index (χ2v) is 3.98. The van der Waals surface area contributed by atoms with Crippen molar-refractivity contribution in [2.45, 2.75) is 13.3 Å². The summed E-state index contributed by atoms with van der Waals surface area (Å²) in [6, 6.07) is 5.68. The zero-order valence-electron chi connectivity index (χ0n) is 11.3. The normalized spacial score (nSPS) is 10.3. The molecule has 1 heterocycles. The van der Waals surface area contributed by atoms with Gasteiger partial charge in [0.25, 0.3) is 0 Å². The zero-order valence-corrected chi connectivity index (χ0v) is 11.3. The van der Waals surface area contributed by atoms with Gasteiger partial charge in [-0.3, -0.25) is 0 Å². The minimum atomic E-state index is 0.498. The fourth-order valence-corrected chi connectivity index (χ4v) is 2.08. The van der Waals surface area contributed by atoms with Crippen LogP contribution in [-0.2, 0) is 6.42 Å². The summed E-state index contributed by atoms with van der Waals surface area (Å²) in [6.07, 6.45) is 2.21. The first-order chi connectivity index (χ1) is 9.22. The molecule has 5 nitrogen and oxygen atoms in total. The molecule has 0 atom stereocenters. The summed E-state index contributed by atoms with van der Waals surface area (Å²) in [5.41, 5.74) is 8.46. The Bertz CT molecular complexity index is 585. The molecule has 1 aromatic heterocycles. The SMILES string of the molecule is CCc1c(N)ncnc1-c1cccc(OC)c1OC. The van der Waals surface area contributed by atoms with Crippen LogP contribution >= 0.6 is 0 Å². The molecule has 1 aromatic carbocycles. The number of benzene rings is 1. The third kappa shape index (κ3) is 2.31. The Morgan fingerprint density at radius 1 is 1.16 bits per heavy atom. The number of nitrogens with two attached hydrogens (primary N) is 1. The monoisotopic (exact) mass is 259 g/mol. The number of rotatable bonds is 4. The van der Waals surface area contributed by atoms with E-state index < -0.39 is 0 Å². The quantitative estimate of drug-likeness (QED) is 0.912. The van der Waals surface area contributed by atoms with Crippen LogP contribution in [0.15, 0.2) is 24.5 Å². The average molecular weight is 259 g/mol. The summed E-state index contributed by atoms with van der Waals surface area (Å²) in [5.74, 6) is 1.81. The summed E-state index contributed by atoms with van der Waals surface area (Å²) in [7, 11) is 3.22. The number of methoxy groups -OCH3 is 2. The van der Waals surface area contributed by atoms with E-state index >= 15 is 0 Å². The third-order valence-electron chi connectivity index (χ3n) is 2.99. The Hall–Kier alpha value is -2.30. The van der Waals surface area contributed by atoms with Gasteiger partial charge >= 0.3 is 0 Å². The minimum Gasteiger partial charge on any atom is -0.493 e. The van der Waals surface area contributed by atoms with Gasteiger partial charge in [0.15, 0.2) is 11.5 Å². The van der Waals surface area contributed by atoms with Gasteiger partial charge in [0.2, 0.25) is 0 Å². The van der Waals surface area contributed by atoms with Gasteiger partial charge in [-0.05, 0) is 18.6 Å². The summed E-state index contributed by atoms with van der Waals surface area (Å²) in [5, 5.41) is 0. The number of hydrogen-bond acceptors (Lipinski definition) is 5. The van der Waals surface area contributed by atoms with Crippen molar-refractivity contribution in [3.63, 3.8) is 0 Å². The average Bonchev–Trinajstić information content (AvgIpc) is 2.45. The standard InChI is InChI=1S/C14H17N3O2/c1-4-9-12(16-8-17-14(9)15)10-6-5-7-11(18-2)13(10)19-3/h5-8H,4H2,1-3H3,(H2,15,16,17). The predicted molar refractivity (Wildman–Crippen MR) is 74.4 cm³/mol. The Kier molecular flexibility index (Phi) is 3.85. The van der Waals surface area contributed by atoms with Gasteiger partial charge in [-0.25, -0.2) is 9.97 Å². The molecule has 0 fully saturated rings. The molecule has 2 rings (SSSR count). The highest BCUT2D eigenvalue weighted by molar-refractivity contribution is 5.75. The molecule has 0 aliphatic rings. The topological polar surface area (TPSA) is 70.3 Å². The highest BCUT2D eigenvalue weighted by atomic mass is 16.5. The molecule has 2 N–H and O–H groups in total. The molecule has 2 aromatic rings. The maximum Gasteiger partial charge on any atom is 0.170 e. The van der Waals surface area contributed by atoms with Crippen LogP contribution < -0.4 is 15.2 Å². The molecular formula is C14H17N3O2. The van der Waals surface area contributed by atoms with E-state index in [4.69, 9.17) is 15.2 Å². The van der Waals surface area contributed by atoms with Gasteiger partial charge in [-0.1, -0.05) is 13.0 Å². The molecule has 0 amide bonds. The lowest BCUT2D eigenvalue weighted by Gasteiger charge is -2.14. The molecule has 5 heteroatoms. The highest BCUT2D eigenvalue weighted by Crippen LogP contribution is 2.38. The molecule has 0 saturated carbocycles. The Morgan fingerprint density at radius 2 is 1.95 bits per heavy atom. The smallest absolute Gasteiger partial charge is 0.170 e. The van der Waals surface area contributed by atoms with Gasteiger partial charge in [0.05, 0.1) is 19.9 Å². The largest absolute Gasteiger partial charge is 0.493 e. The van der Waals surface area contributed by atoms with Crippen molar-refractivity contribution in [2.75, 3.05) is 20.0 Å². The lowest BCUT2D eigenvalue weighted by Crippen LogP contribution is -2.03. The maximum atomic E-state index is 5.91.